The number of aromatic carboxylic acids is 1. The first-order chi connectivity index (χ1) is 11.7. The van der Waals surface area contributed by atoms with E-state index in [9.17, 15) is 23.8 Å². The van der Waals surface area contributed by atoms with Crippen molar-refractivity contribution in [2.24, 2.45) is 0 Å². The molecular weight excluding hydrogens is 330 g/mol. The summed E-state index contributed by atoms with van der Waals surface area (Å²) < 4.78 is 29.5. The summed E-state index contributed by atoms with van der Waals surface area (Å²) in [5.41, 5.74) is -1.13. The summed E-state index contributed by atoms with van der Waals surface area (Å²) in [6.07, 6.45) is 1.41. The maximum atomic E-state index is 14.0. The number of benzene rings is 1. The Labute approximate surface area is 142 Å². The third-order valence-corrected chi connectivity index (χ3v) is 4.14. The highest BCUT2D eigenvalue weighted by Gasteiger charge is 2.31. The average Bonchev–Trinajstić information content (AvgIpc) is 2.83. The Balaban J connectivity index is 2.12. The molecule has 0 radical (unpaired) electrons. The monoisotopic (exact) mass is 346 g/mol. The molecule has 3 aromatic rings. The standard InChI is InChI=1S/C18H16F2N2O3/c1-10-15(17(23)24)22-8-4-5-11(16(22)21-10)9-18(2,25)14-12(19)6-3-7-13(14)20/h3-8,25H,9H2,1-2H3,(H,23,24). The number of rotatable bonds is 4. The lowest BCUT2D eigenvalue weighted by molar-refractivity contribution is 0.0499. The Morgan fingerprint density at radius 2 is 1.88 bits per heavy atom. The predicted octanol–water partition coefficient (Wildman–Crippen LogP) is 3.07. The third-order valence-electron chi connectivity index (χ3n) is 4.14. The fraction of sp³-hybridized carbons (Fsp3) is 0.222. The van der Waals surface area contributed by atoms with Crippen LogP contribution in [0.4, 0.5) is 8.78 Å². The molecule has 1 aromatic carbocycles. The van der Waals surface area contributed by atoms with Crippen LogP contribution in [0, 0.1) is 18.6 Å². The Kier molecular flexibility index (Phi) is 4.04. The molecule has 0 aliphatic rings. The minimum Gasteiger partial charge on any atom is -0.477 e. The number of halogens is 2. The van der Waals surface area contributed by atoms with Crippen molar-refractivity contribution in [3.8, 4) is 0 Å². The van der Waals surface area contributed by atoms with E-state index in [0.717, 1.165) is 12.1 Å². The molecule has 0 aliphatic heterocycles. The Hall–Kier alpha value is -2.80. The fourth-order valence-corrected chi connectivity index (χ4v) is 3.10. The summed E-state index contributed by atoms with van der Waals surface area (Å²) in [6.45, 7) is 2.88. The lowest BCUT2D eigenvalue weighted by Crippen LogP contribution is -2.27. The molecule has 1 unspecified atom stereocenters. The van der Waals surface area contributed by atoms with E-state index >= 15 is 0 Å². The topological polar surface area (TPSA) is 74.8 Å². The van der Waals surface area contributed by atoms with Crippen molar-refractivity contribution in [2.45, 2.75) is 25.9 Å². The van der Waals surface area contributed by atoms with Crippen molar-refractivity contribution in [1.82, 2.24) is 9.38 Å². The molecule has 0 saturated carbocycles. The van der Waals surface area contributed by atoms with Gasteiger partial charge in [-0.2, -0.15) is 0 Å². The maximum Gasteiger partial charge on any atom is 0.354 e. The van der Waals surface area contributed by atoms with Gasteiger partial charge in [-0.15, -0.1) is 0 Å². The van der Waals surface area contributed by atoms with Gasteiger partial charge < -0.3 is 10.2 Å². The predicted molar refractivity (Wildman–Crippen MR) is 86.5 cm³/mol. The van der Waals surface area contributed by atoms with Crippen molar-refractivity contribution >= 4 is 11.6 Å². The largest absolute Gasteiger partial charge is 0.477 e. The molecule has 3 rings (SSSR count). The Morgan fingerprint density at radius 3 is 2.48 bits per heavy atom. The zero-order chi connectivity index (χ0) is 18.4. The zero-order valence-electron chi connectivity index (χ0n) is 13.6. The number of aryl methyl sites for hydroxylation is 1. The molecule has 130 valence electrons. The third kappa shape index (κ3) is 2.87. The minimum absolute atomic E-state index is 0.00793. The summed E-state index contributed by atoms with van der Waals surface area (Å²) in [6, 6.07) is 6.62. The average molecular weight is 346 g/mol. The van der Waals surface area contributed by atoms with Crippen LogP contribution >= 0.6 is 0 Å². The van der Waals surface area contributed by atoms with Crippen LogP contribution < -0.4 is 0 Å². The number of carbonyl (C=O) groups is 1. The molecule has 2 N–H and O–H groups in total. The van der Waals surface area contributed by atoms with E-state index in [4.69, 9.17) is 0 Å². The molecule has 0 fully saturated rings. The van der Waals surface area contributed by atoms with Crippen LogP contribution in [0.2, 0.25) is 0 Å². The Bertz CT molecular complexity index is 960. The van der Waals surface area contributed by atoms with Gasteiger partial charge in [0.05, 0.1) is 16.9 Å². The van der Waals surface area contributed by atoms with Gasteiger partial charge in [0.25, 0.3) is 0 Å². The van der Waals surface area contributed by atoms with Crippen LogP contribution in [0.5, 0.6) is 0 Å². The summed E-state index contributed by atoms with van der Waals surface area (Å²) in [5.74, 6) is -2.82. The van der Waals surface area contributed by atoms with Crippen LogP contribution in [0.1, 0.15) is 34.2 Å². The second kappa shape index (κ2) is 5.93. The van der Waals surface area contributed by atoms with Gasteiger partial charge in [0.15, 0.2) is 5.69 Å². The normalized spacial score (nSPS) is 13.8. The summed E-state index contributed by atoms with van der Waals surface area (Å²) in [7, 11) is 0. The number of hydrogen-bond donors (Lipinski definition) is 2. The van der Waals surface area contributed by atoms with Crippen molar-refractivity contribution in [3.63, 3.8) is 0 Å². The van der Waals surface area contributed by atoms with Crippen LogP contribution in [-0.2, 0) is 12.0 Å². The van der Waals surface area contributed by atoms with Gasteiger partial charge >= 0.3 is 5.97 Å². The molecule has 7 heteroatoms. The summed E-state index contributed by atoms with van der Waals surface area (Å²) in [5, 5.41) is 20.0. The van der Waals surface area contributed by atoms with Crippen LogP contribution in [-0.4, -0.2) is 25.6 Å². The van der Waals surface area contributed by atoms with Crippen molar-refractivity contribution in [2.75, 3.05) is 0 Å². The molecule has 1 atom stereocenters. The number of carboxylic acids is 1. The highest BCUT2D eigenvalue weighted by molar-refractivity contribution is 5.88. The molecule has 5 nitrogen and oxygen atoms in total. The van der Waals surface area contributed by atoms with Gasteiger partial charge in [-0.25, -0.2) is 18.6 Å². The quantitative estimate of drug-likeness (QED) is 0.761. The summed E-state index contributed by atoms with van der Waals surface area (Å²) >= 11 is 0. The number of aliphatic hydroxyl groups is 1. The van der Waals surface area contributed by atoms with Crippen molar-refractivity contribution in [3.05, 3.63) is 70.7 Å². The van der Waals surface area contributed by atoms with Crippen LogP contribution in [0.3, 0.4) is 0 Å². The highest BCUT2D eigenvalue weighted by atomic mass is 19.1. The number of imidazole rings is 1. The van der Waals surface area contributed by atoms with Gasteiger partial charge in [-0.1, -0.05) is 12.1 Å². The Morgan fingerprint density at radius 1 is 1.24 bits per heavy atom. The first kappa shape index (κ1) is 17.0. The van der Waals surface area contributed by atoms with Gasteiger partial charge in [0.2, 0.25) is 0 Å². The molecule has 2 aromatic heterocycles. The van der Waals surface area contributed by atoms with Crippen LogP contribution in [0.25, 0.3) is 5.65 Å². The molecule has 0 bridgehead atoms. The van der Waals surface area contributed by atoms with E-state index in [1.165, 1.54) is 17.4 Å². The molecular formula is C18H16F2N2O3. The summed E-state index contributed by atoms with van der Waals surface area (Å²) in [4.78, 5) is 15.6. The minimum atomic E-state index is -1.83. The second-order valence-electron chi connectivity index (χ2n) is 6.13. The first-order valence-electron chi connectivity index (χ1n) is 7.59. The lowest BCUT2D eigenvalue weighted by atomic mass is 9.88. The number of carboxylic acid groups (broad SMARTS) is 1. The second-order valence-corrected chi connectivity index (χ2v) is 6.13. The number of pyridine rings is 1. The molecule has 0 amide bonds. The number of hydrogen-bond acceptors (Lipinski definition) is 3. The SMILES string of the molecule is Cc1nc2c(CC(C)(O)c3c(F)cccc3F)cccn2c1C(=O)O. The number of aromatic nitrogens is 2. The van der Waals surface area contributed by atoms with E-state index in [1.807, 2.05) is 0 Å². The van der Waals surface area contributed by atoms with E-state index in [2.05, 4.69) is 4.98 Å². The molecule has 0 saturated heterocycles. The highest BCUT2D eigenvalue weighted by Crippen LogP contribution is 2.31. The van der Waals surface area contributed by atoms with E-state index in [0.29, 0.717) is 16.9 Å². The van der Waals surface area contributed by atoms with E-state index in [1.54, 1.807) is 25.3 Å². The van der Waals surface area contributed by atoms with Crippen molar-refractivity contribution < 1.29 is 23.8 Å². The van der Waals surface area contributed by atoms with Crippen LogP contribution in [0.15, 0.2) is 36.5 Å². The van der Waals surface area contributed by atoms with Gasteiger partial charge in [0, 0.05) is 12.6 Å². The molecule has 0 spiro atoms. The maximum absolute atomic E-state index is 14.0. The smallest absolute Gasteiger partial charge is 0.354 e. The zero-order valence-corrected chi connectivity index (χ0v) is 13.6. The van der Waals surface area contributed by atoms with E-state index < -0.39 is 28.8 Å². The molecule has 2 heterocycles. The fourth-order valence-electron chi connectivity index (χ4n) is 3.10. The molecule has 0 aliphatic carbocycles. The van der Waals surface area contributed by atoms with Gasteiger partial charge in [-0.05, 0) is 37.6 Å². The number of nitrogens with zero attached hydrogens (tertiary/aromatic N) is 2. The lowest BCUT2D eigenvalue weighted by Gasteiger charge is -2.25. The van der Waals surface area contributed by atoms with Gasteiger partial charge in [0.1, 0.15) is 17.3 Å². The van der Waals surface area contributed by atoms with Crippen molar-refractivity contribution in [1.29, 1.82) is 0 Å². The number of fused-ring (bicyclic) bond motifs is 1. The first-order valence-corrected chi connectivity index (χ1v) is 7.59. The van der Waals surface area contributed by atoms with E-state index in [-0.39, 0.29) is 12.1 Å². The molecule has 25 heavy (non-hydrogen) atoms. The van der Waals surface area contributed by atoms with Gasteiger partial charge in [-0.3, -0.25) is 4.40 Å².